The van der Waals surface area contributed by atoms with Gasteiger partial charge in [-0.05, 0) is 24.6 Å². The van der Waals surface area contributed by atoms with Crippen molar-refractivity contribution in [2.45, 2.75) is 25.3 Å². The molecule has 25 heavy (non-hydrogen) atoms. The number of nitrogens with zero attached hydrogens (tertiary/aromatic N) is 3. The maximum absolute atomic E-state index is 12.3. The van der Waals surface area contributed by atoms with Crippen LogP contribution in [0.2, 0.25) is 0 Å². The van der Waals surface area contributed by atoms with E-state index in [1.807, 2.05) is 37.4 Å². The summed E-state index contributed by atoms with van der Waals surface area (Å²) in [6, 6.07) is 9.11. The highest BCUT2D eigenvalue weighted by atomic mass is 16.5. The third-order valence-corrected chi connectivity index (χ3v) is 4.40. The number of rotatable bonds is 6. The van der Waals surface area contributed by atoms with Gasteiger partial charge in [-0.1, -0.05) is 12.1 Å². The van der Waals surface area contributed by atoms with Crippen LogP contribution in [-0.4, -0.2) is 41.3 Å². The van der Waals surface area contributed by atoms with E-state index in [1.165, 1.54) is 0 Å². The molecule has 0 radical (unpaired) electrons. The highest BCUT2D eigenvalue weighted by molar-refractivity contribution is 5.98. The Balaban J connectivity index is 1.57. The van der Waals surface area contributed by atoms with Gasteiger partial charge in [0.25, 0.3) is 0 Å². The molecule has 1 saturated heterocycles. The van der Waals surface area contributed by atoms with Crippen LogP contribution in [0.25, 0.3) is 0 Å². The van der Waals surface area contributed by atoms with Gasteiger partial charge in [0.15, 0.2) is 0 Å². The third kappa shape index (κ3) is 3.81. The first kappa shape index (κ1) is 17.0. The Morgan fingerprint density at radius 1 is 1.36 bits per heavy atom. The Kier molecular flexibility index (Phi) is 5.02. The van der Waals surface area contributed by atoms with Crippen LogP contribution in [0.3, 0.4) is 0 Å². The van der Waals surface area contributed by atoms with E-state index in [1.54, 1.807) is 22.9 Å². The van der Waals surface area contributed by atoms with Crippen molar-refractivity contribution in [3.05, 3.63) is 42.2 Å². The molecule has 0 bridgehead atoms. The second kappa shape index (κ2) is 7.38. The summed E-state index contributed by atoms with van der Waals surface area (Å²) in [7, 11) is 3.44. The molecule has 1 aromatic carbocycles. The lowest BCUT2D eigenvalue weighted by molar-refractivity contribution is -0.121. The highest BCUT2D eigenvalue weighted by Gasteiger charge is 2.32. The molecule has 7 heteroatoms. The van der Waals surface area contributed by atoms with Crippen molar-refractivity contribution in [2.24, 2.45) is 7.05 Å². The number of carbonyl (C=O) groups is 2. The van der Waals surface area contributed by atoms with Gasteiger partial charge in [-0.3, -0.25) is 14.3 Å². The first-order chi connectivity index (χ1) is 12.1. The van der Waals surface area contributed by atoms with Crippen LogP contribution >= 0.6 is 0 Å². The smallest absolute Gasteiger partial charge is 0.229 e. The van der Waals surface area contributed by atoms with E-state index in [2.05, 4.69) is 10.4 Å². The molecule has 2 aromatic rings. The minimum absolute atomic E-state index is 0.0126. The molecular formula is C18H22N4O3. The summed E-state index contributed by atoms with van der Waals surface area (Å²) < 4.78 is 7.08. The van der Waals surface area contributed by atoms with Crippen molar-refractivity contribution in [2.75, 3.05) is 18.6 Å². The number of hydrogen-bond donors (Lipinski definition) is 1. The number of benzene rings is 1. The van der Waals surface area contributed by atoms with Crippen molar-refractivity contribution in [1.29, 1.82) is 0 Å². The third-order valence-electron chi connectivity index (χ3n) is 4.40. The molecule has 1 aliphatic heterocycles. The van der Waals surface area contributed by atoms with Gasteiger partial charge in [0.05, 0.1) is 18.8 Å². The molecule has 132 valence electrons. The lowest BCUT2D eigenvalue weighted by Gasteiger charge is -2.19. The predicted molar refractivity (Wildman–Crippen MR) is 93.4 cm³/mol. The van der Waals surface area contributed by atoms with Gasteiger partial charge >= 0.3 is 0 Å². The average molecular weight is 342 g/mol. The number of methoxy groups -OCH3 is 1. The van der Waals surface area contributed by atoms with Crippen molar-refractivity contribution < 1.29 is 14.3 Å². The number of anilines is 1. The summed E-state index contributed by atoms with van der Waals surface area (Å²) in [5, 5.41) is 7.05. The Bertz CT molecular complexity index is 771. The molecule has 2 amide bonds. The standard InChI is InChI=1S/C18H22N4O3/c1-21-14(9-10-19-21)7-8-17(23)20-13-11-18(24)22(12-13)15-5-3-4-6-16(15)25-2/h3-6,9-10,13H,7-8,11-12H2,1-2H3,(H,20,23)/t13-/m0/s1. The maximum Gasteiger partial charge on any atom is 0.229 e. The molecule has 1 fully saturated rings. The van der Waals surface area contributed by atoms with Crippen LogP contribution in [0.4, 0.5) is 5.69 Å². The average Bonchev–Trinajstić information content (AvgIpc) is 3.18. The van der Waals surface area contributed by atoms with Crippen LogP contribution in [-0.2, 0) is 23.1 Å². The number of aryl methyl sites for hydroxylation is 2. The van der Waals surface area contributed by atoms with E-state index in [0.29, 0.717) is 31.6 Å². The number of aromatic nitrogens is 2. The van der Waals surface area contributed by atoms with E-state index in [0.717, 1.165) is 11.4 Å². The molecule has 0 spiro atoms. The van der Waals surface area contributed by atoms with Gasteiger partial charge in [-0.15, -0.1) is 0 Å². The summed E-state index contributed by atoms with van der Waals surface area (Å²) in [4.78, 5) is 26.2. The molecule has 0 aliphatic carbocycles. The molecule has 0 saturated carbocycles. The van der Waals surface area contributed by atoms with Crippen LogP contribution in [0.15, 0.2) is 36.5 Å². The van der Waals surface area contributed by atoms with Crippen LogP contribution in [0.5, 0.6) is 5.75 Å². The van der Waals surface area contributed by atoms with Crippen molar-refractivity contribution in [3.8, 4) is 5.75 Å². The number of ether oxygens (including phenoxy) is 1. The Hall–Kier alpha value is -2.83. The SMILES string of the molecule is COc1ccccc1N1C[C@@H](NC(=O)CCc2ccnn2C)CC1=O. The summed E-state index contributed by atoms with van der Waals surface area (Å²) in [5.74, 6) is 0.585. The van der Waals surface area contributed by atoms with Crippen LogP contribution < -0.4 is 15.0 Å². The minimum Gasteiger partial charge on any atom is -0.495 e. The lowest BCUT2D eigenvalue weighted by atomic mass is 10.2. The number of carbonyl (C=O) groups excluding carboxylic acids is 2. The lowest BCUT2D eigenvalue weighted by Crippen LogP contribution is -2.37. The first-order valence-corrected chi connectivity index (χ1v) is 8.28. The molecular weight excluding hydrogens is 320 g/mol. The van der Waals surface area contributed by atoms with Gasteiger partial charge in [-0.25, -0.2) is 0 Å². The van der Waals surface area contributed by atoms with Gasteiger partial charge in [0.1, 0.15) is 5.75 Å². The fraction of sp³-hybridized carbons (Fsp3) is 0.389. The quantitative estimate of drug-likeness (QED) is 0.858. The van der Waals surface area contributed by atoms with Crippen molar-refractivity contribution in [1.82, 2.24) is 15.1 Å². The molecule has 2 heterocycles. The fourth-order valence-electron chi connectivity index (χ4n) is 3.08. The maximum atomic E-state index is 12.3. The second-order valence-electron chi connectivity index (χ2n) is 6.09. The number of hydrogen-bond acceptors (Lipinski definition) is 4. The van der Waals surface area contributed by atoms with E-state index < -0.39 is 0 Å². The van der Waals surface area contributed by atoms with Gasteiger partial charge in [0.2, 0.25) is 11.8 Å². The van der Waals surface area contributed by atoms with E-state index >= 15 is 0 Å². The van der Waals surface area contributed by atoms with E-state index in [4.69, 9.17) is 4.74 Å². The predicted octanol–water partition coefficient (Wildman–Crippen LogP) is 1.28. The van der Waals surface area contributed by atoms with Gasteiger partial charge < -0.3 is 15.0 Å². The molecule has 3 rings (SSSR count). The Morgan fingerprint density at radius 3 is 2.88 bits per heavy atom. The zero-order chi connectivity index (χ0) is 17.8. The van der Waals surface area contributed by atoms with Crippen LogP contribution in [0.1, 0.15) is 18.5 Å². The Morgan fingerprint density at radius 2 is 2.16 bits per heavy atom. The topological polar surface area (TPSA) is 76.5 Å². The van der Waals surface area contributed by atoms with E-state index in [-0.39, 0.29) is 17.9 Å². The summed E-state index contributed by atoms with van der Waals surface area (Å²) in [6.45, 7) is 0.455. The Labute approximate surface area is 146 Å². The highest BCUT2D eigenvalue weighted by Crippen LogP contribution is 2.30. The summed E-state index contributed by atoms with van der Waals surface area (Å²) in [6.07, 6.45) is 3.02. The first-order valence-electron chi connectivity index (χ1n) is 8.28. The largest absolute Gasteiger partial charge is 0.495 e. The molecule has 1 atom stereocenters. The number of nitrogens with one attached hydrogen (secondary N) is 1. The number of para-hydroxylation sites is 2. The normalized spacial score (nSPS) is 17.0. The second-order valence-corrected chi connectivity index (χ2v) is 6.09. The fourth-order valence-corrected chi connectivity index (χ4v) is 3.08. The van der Waals surface area contributed by atoms with E-state index in [9.17, 15) is 9.59 Å². The van der Waals surface area contributed by atoms with Crippen LogP contribution in [0, 0.1) is 0 Å². The number of amides is 2. The molecule has 0 unspecified atom stereocenters. The zero-order valence-corrected chi connectivity index (χ0v) is 14.4. The zero-order valence-electron chi connectivity index (χ0n) is 14.4. The van der Waals surface area contributed by atoms with Gasteiger partial charge in [-0.2, -0.15) is 5.10 Å². The monoisotopic (exact) mass is 342 g/mol. The van der Waals surface area contributed by atoms with Crippen molar-refractivity contribution in [3.63, 3.8) is 0 Å². The molecule has 7 nitrogen and oxygen atoms in total. The minimum atomic E-state index is -0.184. The van der Waals surface area contributed by atoms with Crippen molar-refractivity contribution >= 4 is 17.5 Å². The molecule has 1 N–H and O–H groups in total. The summed E-state index contributed by atoms with van der Waals surface area (Å²) >= 11 is 0. The van der Waals surface area contributed by atoms with Gasteiger partial charge in [0, 0.05) is 38.3 Å². The summed E-state index contributed by atoms with van der Waals surface area (Å²) in [5.41, 5.74) is 1.75. The molecule has 1 aromatic heterocycles. The molecule has 1 aliphatic rings.